The van der Waals surface area contributed by atoms with Crippen LogP contribution in [-0.4, -0.2) is 20.1 Å². The standard InChI is InChI=1S/C18H14ClF2NO4S/c1-9(23)10-2-4-15(19)17(6-10)27(25,26)22-18(24)14-8-12(14)13-7-11(20)3-5-16(13)21/h2-7,12,14H,8H2,1H3,(H,22,24). The van der Waals surface area contributed by atoms with E-state index in [9.17, 15) is 26.8 Å². The second kappa shape index (κ2) is 7.01. The van der Waals surface area contributed by atoms with Crippen molar-refractivity contribution in [2.45, 2.75) is 24.2 Å². The van der Waals surface area contributed by atoms with Crippen molar-refractivity contribution in [3.05, 3.63) is 64.2 Å². The largest absolute Gasteiger partial charge is 0.295 e. The van der Waals surface area contributed by atoms with E-state index in [2.05, 4.69) is 0 Å². The highest BCUT2D eigenvalue weighted by Crippen LogP contribution is 2.48. The minimum atomic E-state index is -4.33. The molecule has 0 radical (unpaired) electrons. The lowest BCUT2D eigenvalue weighted by Crippen LogP contribution is -2.32. The number of hydrogen-bond acceptors (Lipinski definition) is 4. The Kier molecular flexibility index (Phi) is 5.05. The number of Topliss-reactive ketones (excluding diaryl/α,β-unsaturated/α-hetero) is 1. The maximum absolute atomic E-state index is 13.8. The summed E-state index contributed by atoms with van der Waals surface area (Å²) in [5.74, 6) is -3.90. The molecule has 1 N–H and O–H groups in total. The molecule has 1 aliphatic rings. The van der Waals surface area contributed by atoms with Crippen LogP contribution >= 0.6 is 11.6 Å². The molecule has 2 aromatic rings. The maximum Gasteiger partial charge on any atom is 0.265 e. The fourth-order valence-electron chi connectivity index (χ4n) is 2.82. The van der Waals surface area contributed by atoms with Gasteiger partial charge in [-0.05, 0) is 61.2 Å². The van der Waals surface area contributed by atoms with E-state index in [-0.39, 0.29) is 28.4 Å². The predicted molar refractivity (Wildman–Crippen MR) is 94.0 cm³/mol. The predicted octanol–water partition coefficient (Wildman–Crippen LogP) is 3.43. The molecule has 1 saturated carbocycles. The molecule has 3 rings (SSSR count). The van der Waals surface area contributed by atoms with Gasteiger partial charge in [-0.1, -0.05) is 11.6 Å². The third-order valence-corrected chi connectivity index (χ3v) is 6.18. The van der Waals surface area contributed by atoms with Crippen molar-refractivity contribution in [3.63, 3.8) is 0 Å². The van der Waals surface area contributed by atoms with Crippen LogP contribution in [0.25, 0.3) is 0 Å². The molecule has 27 heavy (non-hydrogen) atoms. The highest BCUT2D eigenvalue weighted by Gasteiger charge is 2.46. The molecule has 9 heteroatoms. The fraction of sp³-hybridized carbons (Fsp3) is 0.222. The first kappa shape index (κ1) is 19.4. The number of ketones is 1. The van der Waals surface area contributed by atoms with Crippen LogP contribution in [0.2, 0.25) is 5.02 Å². The van der Waals surface area contributed by atoms with Crippen molar-refractivity contribution in [1.82, 2.24) is 4.72 Å². The van der Waals surface area contributed by atoms with Gasteiger partial charge in [0, 0.05) is 11.5 Å². The van der Waals surface area contributed by atoms with Crippen LogP contribution in [0, 0.1) is 17.6 Å². The molecule has 0 aromatic heterocycles. The molecule has 2 atom stereocenters. The van der Waals surface area contributed by atoms with Gasteiger partial charge in [-0.25, -0.2) is 21.9 Å². The molecule has 1 fully saturated rings. The van der Waals surface area contributed by atoms with Gasteiger partial charge in [-0.15, -0.1) is 0 Å². The molecule has 2 unspecified atom stereocenters. The summed E-state index contributed by atoms with van der Waals surface area (Å²) in [4.78, 5) is 23.3. The van der Waals surface area contributed by atoms with Crippen LogP contribution in [-0.2, 0) is 14.8 Å². The molecule has 0 bridgehead atoms. The fourth-order valence-corrected chi connectivity index (χ4v) is 4.37. The topological polar surface area (TPSA) is 80.3 Å². The second-order valence-electron chi connectivity index (χ2n) is 6.29. The van der Waals surface area contributed by atoms with E-state index < -0.39 is 44.3 Å². The number of amides is 1. The Bertz CT molecular complexity index is 1060. The lowest BCUT2D eigenvalue weighted by atomic mass is 10.1. The van der Waals surface area contributed by atoms with Gasteiger partial charge in [0.25, 0.3) is 10.0 Å². The summed E-state index contributed by atoms with van der Waals surface area (Å²) in [6.07, 6.45) is 0.197. The third-order valence-electron chi connectivity index (χ3n) is 4.35. The van der Waals surface area contributed by atoms with Gasteiger partial charge in [0.15, 0.2) is 5.78 Å². The summed E-state index contributed by atoms with van der Waals surface area (Å²) in [5, 5.41) is -0.149. The third kappa shape index (κ3) is 4.01. The summed E-state index contributed by atoms with van der Waals surface area (Å²) in [6, 6.07) is 6.62. The smallest absolute Gasteiger partial charge is 0.265 e. The summed E-state index contributed by atoms with van der Waals surface area (Å²) < 4.78 is 53.9. The van der Waals surface area contributed by atoms with Gasteiger partial charge in [0.2, 0.25) is 5.91 Å². The van der Waals surface area contributed by atoms with Crippen molar-refractivity contribution in [2.24, 2.45) is 5.92 Å². The Morgan fingerprint density at radius 3 is 2.52 bits per heavy atom. The van der Waals surface area contributed by atoms with Gasteiger partial charge in [-0.2, -0.15) is 0 Å². The van der Waals surface area contributed by atoms with Crippen molar-refractivity contribution >= 4 is 33.3 Å². The van der Waals surface area contributed by atoms with Gasteiger partial charge >= 0.3 is 0 Å². The molecule has 0 spiro atoms. The molecule has 5 nitrogen and oxygen atoms in total. The van der Waals surface area contributed by atoms with Crippen LogP contribution in [0.5, 0.6) is 0 Å². The molecule has 0 saturated heterocycles. The Hall–Kier alpha value is -2.32. The summed E-state index contributed by atoms with van der Waals surface area (Å²) in [5.41, 5.74) is 0.155. The number of halogens is 3. The number of rotatable bonds is 5. The van der Waals surface area contributed by atoms with E-state index in [0.29, 0.717) is 0 Å². The molecule has 2 aromatic carbocycles. The second-order valence-corrected chi connectivity index (χ2v) is 8.34. The minimum absolute atomic E-state index is 0.0316. The van der Waals surface area contributed by atoms with Crippen LogP contribution in [0.3, 0.4) is 0 Å². The molecular weight excluding hydrogens is 400 g/mol. The van der Waals surface area contributed by atoms with E-state index in [4.69, 9.17) is 11.6 Å². The first-order valence-corrected chi connectivity index (χ1v) is 9.78. The van der Waals surface area contributed by atoms with Crippen molar-refractivity contribution in [2.75, 3.05) is 0 Å². The van der Waals surface area contributed by atoms with E-state index in [1.165, 1.54) is 19.1 Å². The first-order valence-electron chi connectivity index (χ1n) is 7.92. The molecule has 0 aliphatic heterocycles. The zero-order valence-electron chi connectivity index (χ0n) is 14.0. The lowest BCUT2D eigenvalue weighted by Gasteiger charge is -2.10. The van der Waals surface area contributed by atoms with Crippen LogP contribution < -0.4 is 4.72 Å². The van der Waals surface area contributed by atoms with Gasteiger partial charge in [-0.3, -0.25) is 9.59 Å². The average Bonchev–Trinajstić information content (AvgIpc) is 3.37. The number of sulfonamides is 1. The average molecular weight is 414 g/mol. The molecule has 0 heterocycles. The quantitative estimate of drug-likeness (QED) is 0.761. The Morgan fingerprint density at radius 2 is 1.85 bits per heavy atom. The first-order chi connectivity index (χ1) is 12.6. The lowest BCUT2D eigenvalue weighted by molar-refractivity contribution is -0.120. The highest BCUT2D eigenvalue weighted by atomic mass is 35.5. The normalized spacial score (nSPS) is 18.8. The highest BCUT2D eigenvalue weighted by molar-refractivity contribution is 7.90. The molecule has 1 aliphatic carbocycles. The van der Waals surface area contributed by atoms with Crippen LogP contribution in [0.1, 0.15) is 35.2 Å². The van der Waals surface area contributed by atoms with Gasteiger partial charge in [0.05, 0.1) is 5.02 Å². The van der Waals surface area contributed by atoms with Gasteiger partial charge < -0.3 is 0 Å². The zero-order chi connectivity index (χ0) is 19.9. The Morgan fingerprint density at radius 1 is 1.15 bits per heavy atom. The Labute approximate surface area is 159 Å². The van der Waals surface area contributed by atoms with Crippen LogP contribution in [0.4, 0.5) is 8.78 Å². The number of hydrogen-bond donors (Lipinski definition) is 1. The molecular formula is C18H14ClF2NO4S. The summed E-state index contributed by atoms with van der Waals surface area (Å²) >= 11 is 5.89. The monoisotopic (exact) mass is 413 g/mol. The zero-order valence-corrected chi connectivity index (χ0v) is 15.6. The molecule has 1 amide bonds. The van der Waals surface area contributed by atoms with Gasteiger partial charge in [0.1, 0.15) is 16.5 Å². The van der Waals surface area contributed by atoms with E-state index in [1.54, 1.807) is 0 Å². The molecule has 142 valence electrons. The van der Waals surface area contributed by atoms with Crippen LogP contribution in [0.15, 0.2) is 41.3 Å². The number of benzene rings is 2. The van der Waals surface area contributed by atoms with Crippen molar-refractivity contribution in [3.8, 4) is 0 Å². The van der Waals surface area contributed by atoms with Crippen molar-refractivity contribution in [1.29, 1.82) is 0 Å². The number of carbonyl (C=O) groups excluding carboxylic acids is 2. The Balaban J connectivity index is 1.80. The summed E-state index contributed by atoms with van der Waals surface area (Å²) in [6.45, 7) is 1.26. The summed E-state index contributed by atoms with van der Waals surface area (Å²) in [7, 11) is -4.33. The number of nitrogens with one attached hydrogen (secondary N) is 1. The minimum Gasteiger partial charge on any atom is -0.295 e. The van der Waals surface area contributed by atoms with E-state index in [1.807, 2.05) is 4.72 Å². The van der Waals surface area contributed by atoms with E-state index in [0.717, 1.165) is 24.3 Å². The SMILES string of the molecule is CC(=O)c1ccc(Cl)c(S(=O)(=O)NC(=O)C2CC2c2cc(F)ccc2F)c1. The number of carbonyl (C=O) groups is 2. The van der Waals surface area contributed by atoms with E-state index >= 15 is 0 Å². The van der Waals surface area contributed by atoms with Crippen molar-refractivity contribution < 1.29 is 26.8 Å². The maximum atomic E-state index is 13.8.